The number of quaternary nitrogens is 1. The molecule has 0 aliphatic carbocycles. The minimum Gasteiger partial charge on any atom is -0.490 e. The second-order valence-corrected chi connectivity index (χ2v) is 7.30. The quantitative estimate of drug-likeness (QED) is 0.623. The Bertz CT molecular complexity index is 814. The van der Waals surface area contributed by atoms with Gasteiger partial charge in [-0.3, -0.25) is 4.79 Å². The second kappa shape index (κ2) is 10.6. The highest BCUT2D eigenvalue weighted by Crippen LogP contribution is 2.30. The third kappa shape index (κ3) is 6.03. The molecule has 28 heavy (non-hydrogen) atoms. The summed E-state index contributed by atoms with van der Waals surface area (Å²) in [5.41, 5.74) is 1.60. The standard InChI is InChI=1S/C21H26Cl2N2O3/c1-5-27-19-10-7-15(11-20(19)28-6-2)13(3)24-14(4)21(26)25-18-9-8-16(22)12-17(18)23/h7-14,24H,5-6H2,1-4H3,(H,25,26)/p+1/t13-,14+/m1/s1. The van der Waals surface area contributed by atoms with E-state index in [2.05, 4.69) is 5.32 Å². The summed E-state index contributed by atoms with van der Waals surface area (Å²) in [6.07, 6.45) is 0. The van der Waals surface area contributed by atoms with Gasteiger partial charge in [-0.2, -0.15) is 0 Å². The molecular formula is C21H27Cl2N2O3+. The Hall–Kier alpha value is -1.95. The van der Waals surface area contributed by atoms with E-state index in [9.17, 15) is 4.79 Å². The molecule has 0 aliphatic rings. The molecular weight excluding hydrogens is 399 g/mol. The molecule has 0 aliphatic heterocycles. The van der Waals surface area contributed by atoms with E-state index >= 15 is 0 Å². The van der Waals surface area contributed by atoms with Gasteiger partial charge in [0.25, 0.3) is 5.91 Å². The number of ether oxygens (including phenoxy) is 2. The smallest absolute Gasteiger partial charge is 0.282 e. The Morgan fingerprint density at radius 2 is 1.71 bits per heavy atom. The topological polar surface area (TPSA) is 64.2 Å². The zero-order valence-electron chi connectivity index (χ0n) is 16.6. The van der Waals surface area contributed by atoms with Gasteiger partial charge in [-0.05, 0) is 64.1 Å². The predicted molar refractivity (Wildman–Crippen MR) is 114 cm³/mol. The molecule has 2 rings (SSSR count). The van der Waals surface area contributed by atoms with Crippen LogP contribution in [0.2, 0.25) is 10.0 Å². The molecule has 0 spiro atoms. The van der Waals surface area contributed by atoms with E-state index in [1.54, 1.807) is 18.2 Å². The lowest BCUT2D eigenvalue weighted by atomic mass is 10.1. The van der Waals surface area contributed by atoms with Gasteiger partial charge in [0, 0.05) is 10.6 Å². The van der Waals surface area contributed by atoms with Crippen molar-refractivity contribution in [2.24, 2.45) is 0 Å². The largest absolute Gasteiger partial charge is 0.490 e. The summed E-state index contributed by atoms with van der Waals surface area (Å²) in [4.78, 5) is 12.5. The Morgan fingerprint density at radius 1 is 1.04 bits per heavy atom. The number of rotatable bonds is 9. The first kappa shape index (κ1) is 22.3. The Labute approximate surface area is 176 Å². The van der Waals surface area contributed by atoms with Gasteiger partial charge in [0.05, 0.1) is 23.9 Å². The van der Waals surface area contributed by atoms with Crippen molar-refractivity contribution in [3.63, 3.8) is 0 Å². The Morgan fingerprint density at radius 3 is 2.36 bits per heavy atom. The van der Waals surface area contributed by atoms with Crippen LogP contribution in [0.4, 0.5) is 5.69 Å². The number of carbonyl (C=O) groups is 1. The third-order valence-corrected chi connectivity index (χ3v) is 4.82. The molecule has 152 valence electrons. The van der Waals surface area contributed by atoms with E-state index in [0.29, 0.717) is 34.7 Å². The van der Waals surface area contributed by atoms with Crippen LogP contribution in [-0.4, -0.2) is 25.2 Å². The lowest BCUT2D eigenvalue weighted by Gasteiger charge is -2.19. The third-order valence-electron chi connectivity index (χ3n) is 4.27. The van der Waals surface area contributed by atoms with Crippen molar-refractivity contribution in [2.45, 2.75) is 39.8 Å². The molecule has 2 aromatic rings. The predicted octanol–water partition coefficient (Wildman–Crippen LogP) is 4.44. The van der Waals surface area contributed by atoms with E-state index in [1.807, 2.05) is 51.2 Å². The molecule has 7 heteroatoms. The first-order valence-corrected chi connectivity index (χ1v) is 10.1. The summed E-state index contributed by atoms with van der Waals surface area (Å²) < 4.78 is 11.3. The molecule has 0 radical (unpaired) electrons. The summed E-state index contributed by atoms with van der Waals surface area (Å²) in [5.74, 6) is 1.31. The van der Waals surface area contributed by atoms with Gasteiger partial charge in [-0.15, -0.1) is 0 Å². The van der Waals surface area contributed by atoms with Crippen LogP contribution >= 0.6 is 23.2 Å². The van der Waals surface area contributed by atoms with E-state index in [4.69, 9.17) is 32.7 Å². The Kier molecular flexibility index (Phi) is 8.42. The average Bonchev–Trinajstić information content (AvgIpc) is 2.65. The van der Waals surface area contributed by atoms with Crippen LogP contribution in [0.25, 0.3) is 0 Å². The van der Waals surface area contributed by atoms with Crippen LogP contribution in [0, 0.1) is 0 Å². The monoisotopic (exact) mass is 425 g/mol. The van der Waals surface area contributed by atoms with Crippen LogP contribution in [0.3, 0.4) is 0 Å². The second-order valence-electron chi connectivity index (χ2n) is 6.46. The molecule has 1 amide bonds. The van der Waals surface area contributed by atoms with Crippen molar-refractivity contribution in [3.8, 4) is 11.5 Å². The molecule has 5 nitrogen and oxygen atoms in total. The molecule has 0 saturated carbocycles. The summed E-state index contributed by atoms with van der Waals surface area (Å²) in [5, 5.41) is 5.77. The minimum absolute atomic E-state index is 0.0522. The number of hydrogen-bond donors (Lipinski definition) is 2. The summed E-state index contributed by atoms with van der Waals surface area (Å²) in [7, 11) is 0. The van der Waals surface area contributed by atoms with Crippen molar-refractivity contribution in [1.29, 1.82) is 0 Å². The summed E-state index contributed by atoms with van der Waals surface area (Å²) >= 11 is 12.0. The lowest BCUT2D eigenvalue weighted by molar-refractivity contribution is -0.709. The first-order valence-electron chi connectivity index (χ1n) is 9.36. The van der Waals surface area contributed by atoms with Gasteiger partial charge in [-0.1, -0.05) is 23.2 Å². The van der Waals surface area contributed by atoms with Gasteiger partial charge >= 0.3 is 0 Å². The number of nitrogens with two attached hydrogens (primary N) is 1. The van der Waals surface area contributed by atoms with Crippen LogP contribution in [0.5, 0.6) is 11.5 Å². The number of hydrogen-bond acceptors (Lipinski definition) is 3. The van der Waals surface area contributed by atoms with Crippen molar-refractivity contribution in [2.75, 3.05) is 18.5 Å². The lowest BCUT2D eigenvalue weighted by Crippen LogP contribution is -2.91. The summed E-state index contributed by atoms with van der Waals surface area (Å²) in [6, 6.07) is 10.6. The highest BCUT2D eigenvalue weighted by atomic mass is 35.5. The van der Waals surface area contributed by atoms with E-state index in [0.717, 1.165) is 11.3 Å². The van der Waals surface area contributed by atoms with Gasteiger partial charge in [0.2, 0.25) is 0 Å². The van der Waals surface area contributed by atoms with Crippen LogP contribution < -0.4 is 20.1 Å². The number of benzene rings is 2. The fraction of sp³-hybridized carbons (Fsp3) is 0.381. The van der Waals surface area contributed by atoms with Crippen molar-refractivity contribution >= 4 is 34.8 Å². The van der Waals surface area contributed by atoms with Gasteiger partial charge < -0.3 is 20.1 Å². The fourth-order valence-electron chi connectivity index (χ4n) is 2.82. The molecule has 2 aromatic carbocycles. The maximum Gasteiger partial charge on any atom is 0.282 e. The molecule has 3 N–H and O–H groups in total. The number of carbonyl (C=O) groups excluding carboxylic acids is 1. The maximum absolute atomic E-state index is 12.5. The van der Waals surface area contributed by atoms with Crippen molar-refractivity contribution in [3.05, 3.63) is 52.0 Å². The molecule has 0 heterocycles. The zero-order valence-corrected chi connectivity index (χ0v) is 18.1. The molecule has 0 unspecified atom stereocenters. The average molecular weight is 426 g/mol. The minimum atomic E-state index is -0.316. The maximum atomic E-state index is 12.5. The Balaban J connectivity index is 2.05. The SMILES string of the molecule is CCOc1ccc([C@@H](C)[NH2+][C@@H](C)C(=O)Nc2ccc(Cl)cc2Cl)cc1OCC. The van der Waals surface area contributed by atoms with Gasteiger partial charge in [0.15, 0.2) is 17.5 Å². The van der Waals surface area contributed by atoms with E-state index < -0.39 is 0 Å². The zero-order chi connectivity index (χ0) is 20.7. The van der Waals surface area contributed by atoms with Crippen molar-refractivity contribution in [1.82, 2.24) is 0 Å². The van der Waals surface area contributed by atoms with Gasteiger partial charge in [0.1, 0.15) is 6.04 Å². The molecule has 2 atom stereocenters. The fourth-order valence-corrected chi connectivity index (χ4v) is 3.28. The number of anilines is 1. The first-order chi connectivity index (χ1) is 13.3. The van der Waals surface area contributed by atoms with Crippen LogP contribution in [0.1, 0.15) is 39.3 Å². The van der Waals surface area contributed by atoms with Crippen molar-refractivity contribution < 1.29 is 19.6 Å². The van der Waals surface area contributed by atoms with E-state index in [-0.39, 0.29) is 18.0 Å². The summed E-state index contributed by atoms with van der Waals surface area (Å²) in [6.45, 7) is 8.91. The number of nitrogens with one attached hydrogen (secondary N) is 1. The normalized spacial score (nSPS) is 12.9. The molecule has 0 bridgehead atoms. The number of halogens is 2. The number of amides is 1. The molecule has 0 fully saturated rings. The van der Waals surface area contributed by atoms with Gasteiger partial charge in [-0.25, -0.2) is 0 Å². The molecule has 0 aromatic heterocycles. The van der Waals surface area contributed by atoms with E-state index in [1.165, 1.54) is 0 Å². The molecule has 0 saturated heterocycles. The highest BCUT2D eigenvalue weighted by molar-refractivity contribution is 6.36. The van der Waals surface area contributed by atoms with Crippen LogP contribution in [0.15, 0.2) is 36.4 Å². The highest BCUT2D eigenvalue weighted by Gasteiger charge is 2.22. The van der Waals surface area contributed by atoms with Crippen LogP contribution in [-0.2, 0) is 4.79 Å².